The van der Waals surface area contributed by atoms with Crippen molar-refractivity contribution in [1.82, 2.24) is 14.6 Å². The molecule has 10 heteroatoms. The Morgan fingerprint density at radius 2 is 1.62 bits per heavy atom. The van der Waals surface area contributed by atoms with Gasteiger partial charge in [0.2, 0.25) is 10.0 Å². The number of nitrogens with zero attached hydrogens (tertiary/aromatic N) is 1. The zero-order chi connectivity index (χ0) is 32.8. The van der Waals surface area contributed by atoms with E-state index in [1.807, 2.05) is 25.1 Å². The summed E-state index contributed by atoms with van der Waals surface area (Å²) in [6, 6.07) is 18.4. The van der Waals surface area contributed by atoms with E-state index >= 15 is 0 Å². The van der Waals surface area contributed by atoms with Crippen molar-refractivity contribution in [2.24, 2.45) is 0 Å². The predicted molar refractivity (Wildman–Crippen MR) is 178 cm³/mol. The molecular formula is C35H42ClF2N3O3S. The van der Waals surface area contributed by atoms with Gasteiger partial charge in [0.05, 0.1) is 4.90 Å². The number of rotatable bonds is 9. The van der Waals surface area contributed by atoms with Gasteiger partial charge in [0, 0.05) is 58.8 Å². The van der Waals surface area contributed by atoms with E-state index in [-0.39, 0.29) is 22.4 Å². The SMILES string of the molecule is CCCc1[nH]c2ccc(C(=O)NC3CCN(S(=O)(=O)c4ccc(Cl)cc4)CC3)cc2c1CC.CCc1ccc(C(C)(F)F)cc1. The standard InChI is InChI=1S/C25H30ClN3O3S.C10H12F2/c1-3-5-23-21(4-2)22-16-17(6-11-24(22)28-23)25(30)27-19-12-14-29(15-13-19)33(31,32)20-9-7-18(26)8-10-20;1-3-8-4-6-9(7-5-8)10(2,11)12/h6-11,16,19,28H,3-5,12-15H2,1-2H3,(H,27,30);4-7H,3H2,1-2H3. The molecule has 1 fully saturated rings. The molecule has 0 spiro atoms. The Hall–Kier alpha value is -3.27. The van der Waals surface area contributed by atoms with E-state index in [0.29, 0.717) is 36.5 Å². The highest BCUT2D eigenvalue weighted by Crippen LogP contribution is 2.28. The van der Waals surface area contributed by atoms with Crippen LogP contribution in [0.25, 0.3) is 10.9 Å². The summed E-state index contributed by atoms with van der Waals surface area (Å²) in [7, 11) is -3.56. The number of fused-ring (bicyclic) bond motifs is 1. The van der Waals surface area contributed by atoms with Crippen molar-refractivity contribution in [3.05, 3.63) is 99.7 Å². The zero-order valence-corrected chi connectivity index (χ0v) is 27.9. The Bertz CT molecular complexity index is 1690. The van der Waals surface area contributed by atoms with Crippen LogP contribution >= 0.6 is 11.6 Å². The lowest BCUT2D eigenvalue weighted by molar-refractivity contribution is 0.0174. The van der Waals surface area contributed by atoms with E-state index in [9.17, 15) is 22.0 Å². The number of aromatic nitrogens is 1. The molecule has 2 N–H and O–H groups in total. The summed E-state index contributed by atoms with van der Waals surface area (Å²) in [6.45, 7) is 7.95. The molecule has 4 aromatic rings. The number of carbonyl (C=O) groups excluding carboxylic acids is 1. The van der Waals surface area contributed by atoms with Gasteiger partial charge in [-0.25, -0.2) is 17.2 Å². The van der Waals surface area contributed by atoms with Gasteiger partial charge in [-0.2, -0.15) is 4.31 Å². The number of hydrogen-bond acceptors (Lipinski definition) is 3. The smallest absolute Gasteiger partial charge is 0.270 e. The molecule has 242 valence electrons. The third-order valence-electron chi connectivity index (χ3n) is 8.22. The van der Waals surface area contributed by atoms with Gasteiger partial charge in [0.15, 0.2) is 0 Å². The molecule has 1 saturated heterocycles. The minimum absolute atomic E-state index is 0.0580. The van der Waals surface area contributed by atoms with Gasteiger partial charge in [0.25, 0.3) is 11.8 Å². The van der Waals surface area contributed by atoms with Crippen molar-refractivity contribution < 1.29 is 22.0 Å². The summed E-state index contributed by atoms with van der Waals surface area (Å²) in [5.74, 6) is -2.83. The number of benzene rings is 3. The molecule has 0 unspecified atom stereocenters. The first kappa shape index (κ1) is 34.6. The third-order valence-corrected chi connectivity index (χ3v) is 10.4. The summed E-state index contributed by atoms with van der Waals surface area (Å²) in [6.07, 6.45) is 5.02. The van der Waals surface area contributed by atoms with E-state index < -0.39 is 15.9 Å². The fourth-order valence-corrected chi connectivity index (χ4v) is 7.21. The van der Waals surface area contributed by atoms with E-state index in [4.69, 9.17) is 11.6 Å². The quantitative estimate of drug-likeness (QED) is 0.190. The average Bonchev–Trinajstić information content (AvgIpc) is 3.38. The van der Waals surface area contributed by atoms with Crippen molar-refractivity contribution in [2.45, 2.75) is 83.1 Å². The van der Waals surface area contributed by atoms with Crippen LogP contribution in [0.4, 0.5) is 8.78 Å². The van der Waals surface area contributed by atoms with Crippen LogP contribution < -0.4 is 5.32 Å². The number of hydrogen-bond donors (Lipinski definition) is 2. The van der Waals surface area contributed by atoms with E-state index in [1.165, 1.54) is 39.8 Å². The maximum Gasteiger partial charge on any atom is 0.270 e. The number of sulfonamides is 1. The first-order chi connectivity index (χ1) is 21.4. The van der Waals surface area contributed by atoms with Crippen LogP contribution in [-0.2, 0) is 35.2 Å². The molecule has 1 amide bonds. The molecule has 0 aliphatic carbocycles. The lowest BCUT2D eigenvalue weighted by Crippen LogP contribution is -2.46. The number of nitrogens with one attached hydrogen (secondary N) is 2. The van der Waals surface area contributed by atoms with Gasteiger partial charge in [-0.1, -0.05) is 63.1 Å². The Kier molecular flexibility index (Phi) is 11.4. The number of piperidine rings is 1. The Labute approximate surface area is 270 Å². The molecule has 0 saturated carbocycles. The predicted octanol–water partition coefficient (Wildman–Crippen LogP) is 8.28. The van der Waals surface area contributed by atoms with E-state index in [0.717, 1.165) is 49.1 Å². The van der Waals surface area contributed by atoms with Gasteiger partial charge in [-0.3, -0.25) is 4.79 Å². The van der Waals surface area contributed by atoms with Crippen LogP contribution in [-0.4, -0.2) is 42.7 Å². The average molecular weight is 658 g/mol. The van der Waals surface area contributed by atoms with Crippen LogP contribution in [0.2, 0.25) is 5.02 Å². The summed E-state index contributed by atoms with van der Waals surface area (Å²) >= 11 is 5.88. The second-order valence-corrected chi connectivity index (χ2v) is 13.9. The second kappa shape index (κ2) is 14.9. The molecule has 5 rings (SSSR count). The minimum Gasteiger partial charge on any atom is -0.358 e. The lowest BCUT2D eigenvalue weighted by atomic mass is 10.0. The summed E-state index contributed by atoms with van der Waals surface area (Å²) in [5.41, 5.74) is 5.40. The summed E-state index contributed by atoms with van der Waals surface area (Å²) < 4.78 is 52.6. The molecule has 1 aliphatic heterocycles. The number of carbonyl (C=O) groups is 1. The zero-order valence-electron chi connectivity index (χ0n) is 26.3. The van der Waals surface area contributed by atoms with Gasteiger partial charge in [-0.05, 0) is 85.7 Å². The fraction of sp³-hybridized carbons (Fsp3) is 0.400. The van der Waals surface area contributed by atoms with Crippen LogP contribution in [0, 0.1) is 0 Å². The molecule has 3 aromatic carbocycles. The second-order valence-electron chi connectivity index (χ2n) is 11.5. The van der Waals surface area contributed by atoms with E-state index in [2.05, 4.69) is 24.1 Å². The number of amides is 1. The van der Waals surface area contributed by atoms with Crippen LogP contribution in [0.3, 0.4) is 0 Å². The highest BCUT2D eigenvalue weighted by Gasteiger charge is 2.30. The maximum atomic E-state index is 13.0. The van der Waals surface area contributed by atoms with Crippen molar-refractivity contribution in [2.75, 3.05) is 13.1 Å². The van der Waals surface area contributed by atoms with Crippen molar-refractivity contribution in [3.63, 3.8) is 0 Å². The highest BCUT2D eigenvalue weighted by atomic mass is 35.5. The van der Waals surface area contributed by atoms with Crippen molar-refractivity contribution in [3.8, 4) is 0 Å². The lowest BCUT2D eigenvalue weighted by Gasteiger charge is -2.31. The molecule has 0 radical (unpaired) electrons. The first-order valence-corrected chi connectivity index (χ1v) is 17.4. The Morgan fingerprint density at radius 3 is 2.18 bits per heavy atom. The molecule has 45 heavy (non-hydrogen) atoms. The van der Waals surface area contributed by atoms with Crippen molar-refractivity contribution >= 4 is 38.4 Å². The van der Waals surface area contributed by atoms with Gasteiger partial charge in [-0.15, -0.1) is 0 Å². The number of halogens is 3. The Balaban J connectivity index is 0.000000323. The van der Waals surface area contributed by atoms with Gasteiger partial charge in [0.1, 0.15) is 0 Å². The van der Waals surface area contributed by atoms with E-state index in [1.54, 1.807) is 24.3 Å². The minimum atomic E-state index is -3.56. The molecular weight excluding hydrogens is 616 g/mol. The third kappa shape index (κ3) is 8.51. The highest BCUT2D eigenvalue weighted by molar-refractivity contribution is 7.89. The molecule has 6 nitrogen and oxygen atoms in total. The monoisotopic (exact) mass is 657 g/mol. The normalized spacial score (nSPS) is 14.6. The number of H-pyrrole nitrogens is 1. The Morgan fingerprint density at radius 1 is 0.978 bits per heavy atom. The molecule has 1 aliphatic rings. The number of alkyl halides is 2. The number of aryl methyl sites for hydroxylation is 3. The topological polar surface area (TPSA) is 82.3 Å². The van der Waals surface area contributed by atoms with Crippen LogP contribution in [0.1, 0.15) is 79.7 Å². The molecule has 0 bridgehead atoms. The summed E-state index contributed by atoms with van der Waals surface area (Å²) in [5, 5.41) is 4.71. The van der Waals surface area contributed by atoms with Gasteiger partial charge >= 0.3 is 0 Å². The van der Waals surface area contributed by atoms with Crippen LogP contribution in [0.5, 0.6) is 0 Å². The van der Waals surface area contributed by atoms with Gasteiger partial charge < -0.3 is 10.3 Å². The molecule has 2 heterocycles. The fourth-order valence-electron chi connectivity index (χ4n) is 5.61. The maximum absolute atomic E-state index is 13.0. The number of aromatic amines is 1. The summed E-state index contributed by atoms with van der Waals surface area (Å²) in [4.78, 5) is 16.7. The van der Waals surface area contributed by atoms with Crippen molar-refractivity contribution in [1.29, 1.82) is 0 Å². The molecule has 1 aromatic heterocycles. The van der Waals surface area contributed by atoms with Crippen LogP contribution in [0.15, 0.2) is 71.6 Å². The first-order valence-electron chi connectivity index (χ1n) is 15.5. The molecule has 0 atom stereocenters. The largest absolute Gasteiger partial charge is 0.358 e.